The van der Waals surface area contributed by atoms with Gasteiger partial charge in [-0.3, -0.25) is 19.1 Å². The molecule has 14 nitrogen and oxygen atoms in total. The number of amides is 4. The highest BCUT2D eigenvalue weighted by molar-refractivity contribution is 7.91. The van der Waals surface area contributed by atoms with E-state index < -0.39 is 80.2 Å². The number of rotatable bonds is 6. The molecular weight excluding hydrogens is 770 g/mol. The first kappa shape index (κ1) is 39.6. The molecule has 16 heteroatoms. The summed E-state index contributed by atoms with van der Waals surface area (Å²) in [6.07, 6.45) is 6.12. The van der Waals surface area contributed by atoms with Crippen LogP contribution in [-0.2, 0) is 29.1 Å². The lowest BCUT2D eigenvalue weighted by molar-refractivity contribution is -0.141. The van der Waals surface area contributed by atoms with Gasteiger partial charge in [0.25, 0.3) is 5.91 Å². The van der Waals surface area contributed by atoms with Crippen molar-refractivity contribution in [3.05, 3.63) is 59.9 Å². The van der Waals surface area contributed by atoms with E-state index in [0.717, 1.165) is 23.8 Å². The topological polar surface area (TPSA) is 186 Å². The summed E-state index contributed by atoms with van der Waals surface area (Å²) in [4.78, 5) is 62.3. The number of hydrogen-bond donors (Lipinski definition) is 3. The smallest absolute Gasteiger partial charge is 0.408 e. The summed E-state index contributed by atoms with van der Waals surface area (Å²) in [7, 11) is -3.94. The van der Waals surface area contributed by atoms with Gasteiger partial charge in [0.2, 0.25) is 21.8 Å². The molecule has 4 aliphatic rings. The molecular formula is C42H48FN5O9S. The van der Waals surface area contributed by atoms with E-state index in [2.05, 4.69) is 15.4 Å². The van der Waals surface area contributed by atoms with Crippen molar-refractivity contribution in [2.24, 2.45) is 5.92 Å². The Morgan fingerprint density at radius 1 is 1.05 bits per heavy atom. The zero-order valence-corrected chi connectivity index (χ0v) is 33.7. The third-order valence-corrected chi connectivity index (χ3v) is 13.2. The van der Waals surface area contributed by atoms with Crippen LogP contribution < -0.4 is 20.1 Å². The fourth-order valence-corrected chi connectivity index (χ4v) is 9.49. The quantitative estimate of drug-likeness (QED) is 0.200. The van der Waals surface area contributed by atoms with Crippen molar-refractivity contribution in [1.29, 1.82) is 0 Å². The standard InChI is InChI=1S/C42H48FN5O9S/c1-23-11-10-13-28-33-36(56-34(23)28)35(29-19-25(43)15-18-30(29)44-33)55-26-20-32-37(49)46-42(39(51)47-58(53,54)27-16-17-27)21-24(42)12-8-6-5-7-9-14-31(38(50)48(32)22-26)45-40(52)57-41(2,3)4/h8,10-13,15,18-19,24,26-27,31-32H,5-7,9,14,16-17,20-22H2,1-4H3,(H,45,52)(H,46,49)(H,47,51)/b12-8-/t24-,26-,31+,32+,42-/m1/s1. The highest BCUT2D eigenvalue weighted by Gasteiger charge is 2.62. The summed E-state index contributed by atoms with van der Waals surface area (Å²) in [6, 6.07) is 7.51. The van der Waals surface area contributed by atoms with Crippen molar-refractivity contribution >= 4 is 66.8 Å². The molecule has 3 fully saturated rings. The molecule has 4 aromatic rings. The average molecular weight is 818 g/mol. The van der Waals surface area contributed by atoms with Crippen LogP contribution in [0.15, 0.2) is 53.0 Å². The fourth-order valence-electron chi connectivity index (χ4n) is 8.12. The Labute approximate surface area is 335 Å². The summed E-state index contributed by atoms with van der Waals surface area (Å²) in [6.45, 7) is 6.91. The number of nitrogens with one attached hydrogen (secondary N) is 3. The van der Waals surface area contributed by atoms with Gasteiger partial charge in [-0.05, 0) is 96.0 Å². The first-order chi connectivity index (χ1) is 27.5. The maximum Gasteiger partial charge on any atom is 0.408 e. The second-order valence-electron chi connectivity index (χ2n) is 17.0. The van der Waals surface area contributed by atoms with E-state index in [9.17, 15) is 32.0 Å². The Bertz CT molecular complexity index is 2480. The Balaban J connectivity index is 1.17. The van der Waals surface area contributed by atoms with Gasteiger partial charge >= 0.3 is 6.09 Å². The maximum atomic E-state index is 14.9. The lowest BCUT2D eigenvalue weighted by Gasteiger charge is -2.30. The fraction of sp³-hybridized carbons (Fsp3) is 0.500. The number of hydrogen-bond acceptors (Lipinski definition) is 10. The third kappa shape index (κ3) is 7.82. The zero-order valence-electron chi connectivity index (χ0n) is 32.9. The van der Waals surface area contributed by atoms with Crippen molar-refractivity contribution in [2.45, 2.75) is 120 Å². The number of sulfonamides is 1. The molecule has 0 unspecified atom stereocenters. The summed E-state index contributed by atoms with van der Waals surface area (Å²) in [5.41, 5.74) is 0.239. The lowest BCUT2D eigenvalue weighted by atomic mass is 10.0. The largest absolute Gasteiger partial charge is 0.484 e. The molecule has 0 radical (unpaired) electrons. The van der Waals surface area contributed by atoms with Gasteiger partial charge in [0.1, 0.15) is 46.2 Å². The molecule has 8 rings (SSSR count). The number of nitrogens with zero attached hydrogens (tertiary/aromatic N) is 2. The Kier molecular flexibility index (Phi) is 10.1. The second kappa shape index (κ2) is 14.8. The van der Waals surface area contributed by atoms with Crippen molar-refractivity contribution < 1.29 is 45.9 Å². The van der Waals surface area contributed by atoms with E-state index in [4.69, 9.17) is 18.9 Å². The summed E-state index contributed by atoms with van der Waals surface area (Å²) in [5.74, 6) is -2.88. The number of pyridine rings is 1. The van der Waals surface area contributed by atoms with Crippen LogP contribution in [-0.4, -0.2) is 83.2 Å². The van der Waals surface area contributed by atoms with Gasteiger partial charge in [-0.15, -0.1) is 0 Å². The number of carbonyl (C=O) groups excluding carboxylic acids is 4. The van der Waals surface area contributed by atoms with E-state index in [0.29, 0.717) is 47.7 Å². The second-order valence-corrected chi connectivity index (χ2v) is 19.0. The van der Waals surface area contributed by atoms with Crippen LogP contribution >= 0.6 is 0 Å². The van der Waals surface area contributed by atoms with Crippen molar-refractivity contribution in [1.82, 2.24) is 25.2 Å². The lowest BCUT2D eigenvalue weighted by Crippen LogP contribution is -2.58. The zero-order chi connectivity index (χ0) is 41.1. The number of halogens is 1. The SMILES string of the molecule is Cc1cccc2c1oc1c(O[C@@H]3C[C@H]4C(=O)N[C@]5(C(=O)NS(=O)(=O)C6CC6)C[C@H]5/C=C\CCCCC[C@H](NC(=O)OC(C)(C)C)C(=O)N4C3)c3cc(F)ccc3nc12. The number of allylic oxidation sites excluding steroid dienone is 1. The van der Waals surface area contributed by atoms with E-state index in [1.165, 1.54) is 17.0 Å². The molecule has 308 valence electrons. The van der Waals surface area contributed by atoms with Crippen molar-refractivity contribution in [2.75, 3.05) is 6.54 Å². The van der Waals surface area contributed by atoms with Crippen LogP contribution in [0, 0.1) is 18.7 Å². The highest BCUT2D eigenvalue weighted by Crippen LogP contribution is 2.46. The van der Waals surface area contributed by atoms with Crippen LogP contribution in [0.25, 0.3) is 33.0 Å². The molecule has 2 aromatic heterocycles. The minimum absolute atomic E-state index is 0.0603. The van der Waals surface area contributed by atoms with Crippen LogP contribution in [0.2, 0.25) is 0 Å². The number of ether oxygens (including phenoxy) is 2. The monoisotopic (exact) mass is 817 g/mol. The molecule has 2 saturated carbocycles. The molecule has 0 spiro atoms. The van der Waals surface area contributed by atoms with Crippen LogP contribution in [0.4, 0.5) is 9.18 Å². The average Bonchev–Trinajstić information content (AvgIpc) is 4.05. The van der Waals surface area contributed by atoms with Crippen LogP contribution in [0.5, 0.6) is 5.75 Å². The number of aromatic nitrogens is 1. The molecule has 2 aromatic carbocycles. The van der Waals surface area contributed by atoms with Gasteiger partial charge in [0.15, 0.2) is 11.3 Å². The number of aryl methyl sites for hydroxylation is 1. The Hall–Kier alpha value is -5.25. The van der Waals surface area contributed by atoms with Gasteiger partial charge in [0.05, 0.1) is 17.3 Å². The molecule has 58 heavy (non-hydrogen) atoms. The van der Waals surface area contributed by atoms with Crippen LogP contribution in [0.1, 0.15) is 84.1 Å². The molecule has 1 saturated heterocycles. The normalized spacial score (nSPS) is 26.3. The van der Waals surface area contributed by atoms with Gasteiger partial charge in [0, 0.05) is 23.1 Å². The molecule has 2 aliphatic carbocycles. The van der Waals surface area contributed by atoms with E-state index in [-0.39, 0.29) is 37.1 Å². The first-order valence-electron chi connectivity index (χ1n) is 20.0. The number of alkyl carbamates (subject to hydrolysis) is 1. The molecule has 5 atom stereocenters. The summed E-state index contributed by atoms with van der Waals surface area (Å²) in [5, 5.41) is 6.00. The number of benzene rings is 2. The van der Waals surface area contributed by atoms with Gasteiger partial charge in [-0.2, -0.15) is 0 Å². The summed E-state index contributed by atoms with van der Waals surface area (Å²) >= 11 is 0. The number of fused-ring (bicyclic) bond motifs is 6. The van der Waals surface area contributed by atoms with Gasteiger partial charge < -0.3 is 29.4 Å². The highest BCUT2D eigenvalue weighted by atomic mass is 32.2. The van der Waals surface area contributed by atoms with E-state index in [1.54, 1.807) is 26.8 Å². The van der Waals surface area contributed by atoms with Crippen molar-refractivity contribution in [3.63, 3.8) is 0 Å². The van der Waals surface area contributed by atoms with Crippen molar-refractivity contribution in [3.8, 4) is 5.75 Å². The number of para-hydroxylation sites is 1. The van der Waals surface area contributed by atoms with Gasteiger partial charge in [-0.1, -0.05) is 37.1 Å². The molecule has 0 bridgehead atoms. The molecule has 4 amide bonds. The minimum Gasteiger partial charge on any atom is -0.484 e. The Morgan fingerprint density at radius 3 is 2.60 bits per heavy atom. The predicted molar refractivity (Wildman–Crippen MR) is 213 cm³/mol. The van der Waals surface area contributed by atoms with E-state index in [1.807, 2.05) is 37.3 Å². The first-order valence-corrected chi connectivity index (χ1v) is 21.5. The molecule has 2 aliphatic heterocycles. The van der Waals surface area contributed by atoms with Crippen LogP contribution in [0.3, 0.4) is 0 Å². The third-order valence-electron chi connectivity index (χ3n) is 11.3. The maximum absolute atomic E-state index is 14.9. The Morgan fingerprint density at radius 2 is 1.84 bits per heavy atom. The molecule has 3 N–H and O–H groups in total. The van der Waals surface area contributed by atoms with E-state index >= 15 is 0 Å². The number of furan rings is 1. The number of carbonyl (C=O) groups is 4. The molecule has 4 heterocycles. The summed E-state index contributed by atoms with van der Waals surface area (Å²) < 4.78 is 61.5. The predicted octanol–water partition coefficient (Wildman–Crippen LogP) is 5.83. The minimum atomic E-state index is -3.94. The van der Waals surface area contributed by atoms with Gasteiger partial charge in [-0.25, -0.2) is 22.6 Å².